The Morgan fingerprint density at radius 3 is 1.10 bits per heavy atom. The number of likely N-dealkylation sites (N-methyl/N-ethyl adjacent to an activating group) is 1. The van der Waals surface area contributed by atoms with Crippen LogP contribution in [0.2, 0.25) is 0 Å². The zero-order valence-corrected chi connectivity index (χ0v) is 51.8. The van der Waals surface area contributed by atoms with Crippen molar-refractivity contribution in [3.8, 4) is 0 Å². The van der Waals surface area contributed by atoms with Crippen LogP contribution in [0.15, 0.2) is 109 Å². The van der Waals surface area contributed by atoms with Crippen molar-refractivity contribution in [2.75, 3.05) is 47.5 Å². The van der Waals surface area contributed by atoms with Crippen molar-refractivity contribution in [2.24, 2.45) is 0 Å². The summed E-state index contributed by atoms with van der Waals surface area (Å²) in [4.78, 5) is 35.8. The van der Waals surface area contributed by atoms with E-state index < -0.39 is 26.5 Å². The van der Waals surface area contributed by atoms with Gasteiger partial charge in [-0.3, -0.25) is 18.6 Å². The van der Waals surface area contributed by atoms with Gasteiger partial charge in [0.2, 0.25) is 0 Å². The number of rotatable bonds is 57. The predicted octanol–water partition coefficient (Wildman–Crippen LogP) is 20.2. The minimum atomic E-state index is -4.40. The number of phosphoric ester groups is 1. The van der Waals surface area contributed by atoms with E-state index in [-0.39, 0.29) is 32.0 Å². The van der Waals surface area contributed by atoms with Gasteiger partial charge in [-0.05, 0) is 103 Å². The summed E-state index contributed by atoms with van der Waals surface area (Å²) in [5, 5.41) is 0. The molecule has 10 heteroatoms. The Hall–Kier alpha value is -3.33. The van der Waals surface area contributed by atoms with Crippen molar-refractivity contribution in [2.45, 2.75) is 264 Å². The summed E-state index contributed by atoms with van der Waals surface area (Å²) in [6.07, 6.45) is 81.6. The molecule has 1 N–H and O–H groups in total. The standard InChI is InChI=1S/C68H118NO8P/c1-6-8-10-12-14-16-18-20-22-24-26-28-29-30-31-32-33-34-35-36-37-38-39-41-43-45-47-49-51-53-55-57-59-61-68(71)77-66(65-76-78(72,73)75-63-62-69(3,4)5)64-74-67(70)60-58-56-54-52-50-48-46-44-42-40-27-25-23-21-19-17-15-13-11-9-7-2/h8,10,14,16,20,22,25-28,30-31,33-34,36-37,39,41,66H,6-7,9,11-13,15,17-19,21,23-24,29,32,35,38,40,42-65H2,1-5H3/p+1/b10-8-,16-14-,22-20-,27-25-,28-26-,31-30-,34-33-,37-36-,41-39-. The van der Waals surface area contributed by atoms with Gasteiger partial charge in [0.05, 0.1) is 27.7 Å². The lowest BCUT2D eigenvalue weighted by molar-refractivity contribution is -0.870. The van der Waals surface area contributed by atoms with E-state index in [9.17, 15) is 19.0 Å². The number of carbonyl (C=O) groups is 2. The highest BCUT2D eigenvalue weighted by Crippen LogP contribution is 2.43. The fourth-order valence-corrected chi connectivity index (χ4v) is 9.18. The molecule has 2 atom stereocenters. The predicted molar refractivity (Wildman–Crippen MR) is 335 cm³/mol. The molecule has 0 aliphatic carbocycles. The molecule has 78 heavy (non-hydrogen) atoms. The number of carbonyl (C=O) groups excluding carboxylic acids is 2. The number of esters is 2. The first-order valence-electron chi connectivity index (χ1n) is 31.6. The third-order valence-corrected chi connectivity index (χ3v) is 14.3. The first-order valence-corrected chi connectivity index (χ1v) is 33.1. The Balaban J connectivity index is 4.17. The summed E-state index contributed by atoms with van der Waals surface area (Å²) in [5.74, 6) is -0.810. The molecule has 0 fully saturated rings. The maximum Gasteiger partial charge on any atom is 0.472 e. The Labute approximate surface area is 480 Å². The number of hydrogen-bond acceptors (Lipinski definition) is 7. The number of allylic oxidation sites excluding steroid dienone is 18. The van der Waals surface area contributed by atoms with Crippen molar-refractivity contribution in [3.05, 3.63) is 109 Å². The average molecular weight is 1110 g/mol. The Morgan fingerprint density at radius 1 is 0.410 bits per heavy atom. The molecular formula is C68H119NO8P+. The van der Waals surface area contributed by atoms with Crippen molar-refractivity contribution in [1.82, 2.24) is 0 Å². The molecule has 0 aromatic carbocycles. The molecule has 0 aromatic heterocycles. The van der Waals surface area contributed by atoms with Crippen molar-refractivity contribution in [3.63, 3.8) is 0 Å². The Kier molecular flexibility index (Phi) is 55.8. The Morgan fingerprint density at radius 2 is 0.731 bits per heavy atom. The van der Waals surface area contributed by atoms with E-state index in [1.807, 2.05) is 21.1 Å². The van der Waals surface area contributed by atoms with Crippen LogP contribution >= 0.6 is 7.82 Å². The SMILES string of the molecule is CC/C=C\C/C=C\C/C=C\C/C=C\C/C=C\C/C=C\C/C=C\C/C=C\CCCCCCCCCCC(=O)OC(COC(=O)CCCCCCCCCCC/C=C\CCCCCCCCCC)COP(=O)(O)OCC[N+](C)(C)C. The quantitative estimate of drug-likeness (QED) is 0.0211. The second kappa shape index (κ2) is 58.3. The van der Waals surface area contributed by atoms with Crippen LogP contribution in [-0.4, -0.2) is 74.9 Å². The van der Waals surface area contributed by atoms with E-state index in [0.29, 0.717) is 17.4 Å². The summed E-state index contributed by atoms with van der Waals surface area (Å²) in [6, 6.07) is 0. The molecule has 2 unspecified atom stereocenters. The summed E-state index contributed by atoms with van der Waals surface area (Å²) >= 11 is 0. The van der Waals surface area contributed by atoms with E-state index >= 15 is 0 Å². The number of quaternary nitrogens is 1. The molecular weight excluding hydrogens is 990 g/mol. The maximum atomic E-state index is 12.8. The van der Waals surface area contributed by atoms with Gasteiger partial charge in [0.15, 0.2) is 6.10 Å². The maximum absolute atomic E-state index is 12.8. The molecule has 0 rings (SSSR count). The van der Waals surface area contributed by atoms with Gasteiger partial charge >= 0.3 is 19.8 Å². The average Bonchev–Trinajstić information content (AvgIpc) is 3.41. The normalized spacial score (nSPS) is 14.0. The van der Waals surface area contributed by atoms with Crippen molar-refractivity contribution in [1.29, 1.82) is 0 Å². The van der Waals surface area contributed by atoms with Crippen molar-refractivity contribution < 1.29 is 42.1 Å². The largest absolute Gasteiger partial charge is 0.472 e. The first-order chi connectivity index (χ1) is 38.0. The molecule has 0 heterocycles. The third-order valence-electron chi connectivity index (χ3n) is 13.3. The zero-order chi connectivity index (χ0) is 57.0. The zero-order valence-electron chi connectivity index (χ0n) is 50.9. The molecule has 0 amide bonds. The molecule has 0 aromatic rings. The van der Waals surface area contributed by atoms with E-state index in [1.54, 1.807) is 0 Å². The number of phosphoric acid groups is 1. The van der Waals surface area contributed by atoms with E-state index in [2.05, 4.69) is 123 Å². The van der Waals surface area contributed by atoms with Crippen LogP contribution in [-0.2, 0) is 32.7 Å². The molecule has 0 radical (unpaired) electrons. The highest BCUT2D eigenvalue weighted by Gasteiger charge is 2.27. The summed E-state index contributed by atoms with van der Waals surface area (Å²) in [7, 11) is 1.46. The fourth-order valence-electron chi connectivity index (χ4n) is 8.44. The minimum Gasteiger partial charge on any atom is -0.462 e. The van der Waals surface area contributed by atoms with E-state index in [1.165, 1.54) is 128 Å². The molecule has 0 spiro atoms. The summed E-state index contributed by atoms with van der Waals surface area (Å²) in [6.45, 7) is 4.32. The van der Waals surface area contributed by atoms with Gasteiger partial charge in [-0.2, -0.15) is 0 Å². The first kappa shape index (κ1) is 74.7. The number of ether oxygens (including phenoxy) is 2. The fraction of sp³-hybridized carbons (Fsp3) is 0.706. The molecule has 0 aliphatic heterocycles. The molecule has 448 valence electrons. The van der Waals surface area contributed by atoms with Crippen molar-refractivity contribution >= 4 is 19.8 Å². The van der Waals surface area contributed by atoms with Gasteiger partial charge in [-0.25, -0.2) is 4.57 Å². The Bertz CT molecular complexity index is 1680. The molecule has 0 saturated heterocycles. The number of nitrogens with zero attached hydrogens (tertiary/aromatic N) is 1. The number of hydrogen-bond donors (Lipinski definition) is 1. The number of unbranched alkanes of at least 4 members (excludes halogenated alkanes) is 25. The molecule has 0 saturated carbocycles. The third kappa shape index (κ3) is 61.9. The van der Waals surface area contributed by atoms with Crippen LogP contribution in [0.1, 0.15) is 258 Å². The van der Waals surface area contributed by atoms with Crippen LogP contribution < -0.4 is 0 Å². The van der Waals surface area contributed by atoms with E-state index in [0.717, 1.165) is 96.3 Å². The van der Waals surface area contributed by atoms with Gasteiger partial charge in [-0.15, -0.1) is 0 Å². The highest BCUT2D eigenvalue weighted by atomic mass is 31.2. The molecule has 0 aliphatic rings. The van der Waals surface area contributed by atoms with Gasteiger partial charge in [-0.1, -0.05) is 252 Å². The second-order valence-electron chi connectivity index (χ2n) is 22.1. The van der Waals surface area contributed by atoms with Gasteiger partial charge in [0, 0.05) is 12.8 Å². The van der Waals surface area contributed by atoms with Crippen LogP contribution in [0.4, 0.5) is 0 Å². The topological polar surface area (TPSA) is 108 Å². The smallest absolute Gasteiger partial charge is 0.462 e. The lowest BCUT2D eigenvalue weighted by Gasteiger charge is -2.24. The second-order valence-corrected chi connectivity index (χ2v) is 23.5. The van der Waals surface area contributed by atoms with Crippen LogP contribution in [0, 0.1) is 0 Å². The monoisotopic (exact) mass is 1110 g/mol. The van der Waals surface area contributed by atoms with Crippen LogP contribution in [0.25, 0.3) is 0 Å². The summed E-state index contributed by atoms with van der Waals surface area (Å²) in [5.41, 5.74) is 0. The molecule has 0 bridgehead atoms. The highest BCUT2D eigenvalue weighted by molar-refractivity contribution is 7.47. The van der Waals surface area contributed by atoms with Crippen LogP contribution in [0.3, 0.4) is 0 Å². The van der Waals surface area contributed by atoms with Gasteiger partial charge < -0.3 is 18.9 Å². The summed E-state index contributed by atoms with van der Waals surface area (Å²) < 4.78 is 34.6. The van der Waals surface area contributed by atoms with Gasteiger partial charge in [0.1, 0.15) is 19.8 Å². The minimum absolute atomic E-state index is 0.0249. The molecule has 9 nitrogen and oxygen atoms in total. The lowest BCUT2D eigenvalue weighted by Crippen LogP contribution is -2.37. The van der Waals surface area contributed by atoms with E-state index in [4.69, 9.17) is 18.5 Å². The van der Waals surface area contributed by atoms with Crippen LogP contribution in [0.5, 0.6) is 0 Å². The lowest BCUT2D eigenvalue weighted by atomic mass is 10.1. The van der Waals surface area contributed by atoms with Gasteiger partial charge in [0.25, 0.3) is 0 Å².